The van der Waals surface area contributed by atoms with E-state index in [0.717, 1.165) is 6.42 Å². The number of urea groups is 1. The summed E-state index contributed by atoms with van der Waals surface area (Å²) < 4.78 is 0. The topological polar surface area (TPSA) is 89.9 Å². The molecule has 0 saturated carbocycles. The van der Waals surface area contributed by atoms with E-state index in [1.807, 2.05) is 13.8 Å². The highest BCUT2D eigenvalue weighted by Gasteiger charge is 2.26. The van der Waals surface area contributed by atoms with Crippen LogP contribution in [0.15, 0.2) is 0 Å². The number of aliphatic hydroxyl groups excluding tert-OH is 1. The maximum absolute atomic E-state index is 11.6. The van der Waals surface area contributed by atoms with Crippen molar-refractivity contribution in [3.8, 4) is 0 Å². The molecule has 0 radical (unpaired) electrons. The van der Waals surface area contributed by atoms with Crippen molar-refractivity contribution in [2.75, 3.05) is 13.6 Å². The van der Waals surface area contributed by atoms with Gasteiger partial charge in [-0.3, -0.25) is 0 Å². The molecule has 0 heterocycles. The number of carbonyl (C=O) groups excluding carboxylic acids is 1. The molecule has 100 valence electrons. The van der Waals surface area contributed by atoms with E-state index in [0.29, 0.717) is 12.5 Å². The minimum Gasteiger partial charge on any atom is -0.480 e. The SMILES string of the molecule is CC(C)CCN(C)C(=O)N[C@H](C(=O)O)[C@@H](C)O. The summed E-state index contributed by atoms with van der Waals surface area (Å²) in [6.07, 6.45) is -0.286. The van der Waals surface area contributed by atoms with Gasteiger partial charge in [0.2, 0.25) is 0 Å². The molecule has 0 spiro atoms. The molecule has 0 aliphatic carbocycles. The molecule has 0 fully saturated rings. The molecule has 0 saturated heterocycles. The van der Waals surface area contributed by atoms with E-state index in [1.165, 1.54) is 11.8 Å². The maximum atomic E-state index is 11.6. The smallest absolute Gasteiger partial charge is 0.328 e. The summed E-state index contributed by atoms with van der Waals surface area (Å²) in [6, 6.07) is -1.76. The van der Waals surface area contributed by atoms with Gasteiger partial charge in [0.05, 0.1) is 6.10 Å². The number of hydrogen-bond donors (Lipinski definition) is 3. The first-order chi connectivity index (χ1) is 7.75. The van der Waals surface area contributed by atoms with Gasteiger partial charge in [-0.05, 0) is 19.3 Å². The number of carboxylic acids is 1. The Kier molecular flexibility index (Phi) is 6.57. The van der Waals surface area contributed by atoms with Crippen LogP contribution in [0.3, 0.4) is 0 Å². The Balaban J connectivity index is 4.26. The molecule has 17 heavy (non-hydrogen) atoms. The minimum atomic E-state index is -1.27. The van der Waals surface area contributed by atoms with Crippen LogP contribution in [-0.4, -0.2) is 52.9 Å². The molecular weight excluding hydrogens is 224 g/mol. The second-order valence-corrected chi connectivity index (χ2v) is 4.61. The number of carboxylic acid groups (broad SMARTS) is 1. The fourth-order valence-electron chi connectivity index (χ4n) is 1.19. The lowest BCUT2D eigenvalue weighted by atomic mass is 10.1. The van der Waals surface area contributed by atoms with Gasteiger partial charge in [-0.1, -0.05) is 13.8 Å². The Morgan fingerprint density at radius 2 is 1.82 bits per heavy atom. The molecule has 0 aliphatic rings. The predicted octanol–water partition coefficient (Wildman–Crippen LogP) is 0.508. The van der Waals surface area contributed by atoms with Crippen molar-refractivity contribution < 1.29 is 19.8 Å². The van der Waals surface area contributed by atoms with Gasteiger partial charge in [0.1, 0.15) is 0 Å². The Bertz CT molecular complexity index is 266. The summed E-state index contributed by atoms with van der Waals surface area (Å²) in [7, 11) is 1.60. The highest BCUT2D eigenvalue weighted by atomic mass is 16.4. The Labute approximate surface area is 102 Å². The fraction of sp³-hybridized carbons (Fsp3) is 0.818. The average molecular weight is 246 g/mol. The van der Waals surface area contributed by atoms with Gasteiger partial charge in [0.15, 0.2) is 6.04 Å². The zero-order valence-electron chi connectivity index (χ0n) is 10.8. The molecule has 3 N–H and O–H groups in total. The summed E-state index contributed by atoms with van der Waals surface area (Å²) in [6.45, 7) is 5.96. The van der Waals surface area contributed by atoms with Crippen molar-refractivity contribution in [2.24, 2.45) is 5.92 Å². The second-order valence-electron chi connectivity index (χ2n) is 4.61. The van der Waals surface area contributed by atoms with Gasteiger partial charge < -0.3 is 20.4 Å². The van der Waals surface area contributed by atoms with Gasteiger partial charge in [-0.25, -0.2) is 9.59 Å². The van der Waals surface area contributed by atoms with Crippen LogP contribution in [0.1, 0.15) is 27.2 Å². The summed E-state index contributed by atoms with van der Waals surface area (Å²) in [5.74, 6) is -0.775. The lowest BCUT2D eigenvalue weighted by Crippen LogP contribution is -2.51. The molecule has 0 aliphatic heterocycles. The number of aliphatic carboxylic acids is 1. The summed E-state index contributed by atoms with van der Waals surface area (Å²) in [4.78, 5) is 23.8. The van der Waals surface area contributed by atoms with Crippen molar-refractivity contribution in [1.82, 2.24) is 10.2 Å². The Morgan fingerprint density at radius 3 is 2.18 bits per heavy atom. The van der Waals surface area contributed by atoms with Crippen LogP contribution in [0.25, 0.3) is 0 Å². The molecule has 6 heteroatoms. The number of nitrogens with zero attached hydrogens (tertiary/aromatic N) is 1. The van der Waals surface area contributed by atoms with Crippen molar-refractivity contribution in [1.29, 1.82) is 0 Å². The summed E-state index contributed by atoms with van der Waals surface area (Å²) >= 11 is 0. The lowest BCUT2D eigenvalue weighted by Gasteiger charge is -2.23. The summed E-state index contributed by atoms with van der Waals surface area (Å²) in [5, 5.41) is 20.3. The minimum absolute atomic E-state index is 0.470. The zero-order valence-corrected chi connectivity index (χ0v) is 10.8. The number of amides is 2. The maximum Gasteiger partial charge on any atom is 0.328 e. The quantitative estimate of drug-likeness (QED) is 0.637. The third-order valence-electron chi connectivity index (χ3n) is 2.42. The fourth-order valence-corrected chi connectivity index (χ4v) is 1.19. The van der Waals surface area contributed by atoms with Gasteiger partial charge in [-0.15, -0.1) is 0 Å². The number of hydrogen-bond acceptors (Lipinski definition) is 3. The molecule has 0 aromatic carbocycles. The van der Waals surface area contributed by atoms with E-state index in [1.54, 1.807) is 7.05 Å². The van der Waals surface area contributed by atoms with Crippen LogP contribution in [0.2, 0.25) is 0 Å². The van der Waals surface area contributed by atoms with Gasteiger partial charge in [0.25, 0.3) is 0 Å². The van der Waals surface area contributed by atoms with Crippen LogP contribution in [0, 0.1) is 5.92 Å². The Morgan fingerprint density at radius 1 is 1.29 bits per heavy atom. The van der Waals surface area contributed by atoms with Crippen molar-refractivity contribution in [3.63, 3.8) is 0 Å². The third kappa shape index (κ3) is 6.11. The zero-order chi connectivity index (χ0) is 13.6. The number of aliphatic hydroxyl groups is 1. The van der Waals surface area contributed by atoms with E-state index < -0.39 is 24.1 Å². The van der Waals surface area contributed by atoms with Gasteiger partial charge >= 0.3 is 12.0 Å². The monoisotopic (exact) mass is 246 g/mol. The molecular formula is C11H22N2O4. The second kappa shape index (κ2) is 7.11. The standard InChI is InChI=1S/C11H22N2O4/c1-7(2)5-6-13(4)11(17)12-9(8(3)14)10(15)16/h7-9,14H,5-6H2,1-4H3,(H,12,17)(H,15,16)/t8-,9+/m1/s1. The first-order valence-corrected chi connectivity index (χ1v) is 5.68. The predicted molar refractivity (Wildman–Crippen MR) is 63.7 cm³/mol. The molecule has 6 nitrogen and oxygen atoms in total. The summed E-state index contributed by atoms with van der Waals surface area (Å²) in [5.41, 5.74) is 0. The van der Waals surface area contributed by atoms with E-state index in [2.05, 4.69) is 5.32 Å². The molecule has 0 rings (SSSR count). The first-order valence-electron chi connectivity index (χ1n) is 5.68. The molecule has 0 bridgehead atoms. The average Bonchev–Trinajstić information content (AvgIpc) is 2.20. The van der Waals surface area contributed by atoms with Crippen LogP contribution >= 0.6 is 0 Å². The molecule has 0 aromatic heterocycles. The van der Waals surface area contributed by atoms with E-state index in [-0.39, 0.29) is 0 Å². The van der Waals surface area contributed by atoms with Crippen molar-refractivity contribution in [2.45, 2.75) is 39.3 Å². The molecule has 0 unspecified atom stereocenters. The van der Waals surface area contributed by atoms with Crippen molar-refractivity contribution >= 4 is 12.0 Å². The Hall–Kier alpha value is -1.30. The van der Waals surface area contributed by atoms with Crippen LogP contribution in [0.4, 0.5) is 4.79 Å². The number of nitrogens with one attached hydrogen (secondary N) is 1. The largest absolute Gasteiger partial charge is 0.480 e. The number of carbonyl (C=O) groups is 2. The van der Waals surface area contributed by atoms with Crippen LogP contribution in [-0.2, 0) is 4.79 Å². The molecule has 2 amide bonds. The van der Waals surface area contributed by atoms with E-state index >= 15 is 0 Å². The van der Waals surface area contributed by atoms with Gasteiger partial charge in [-0.2, -0.15) is 0 Å². The molecule has 0 aromatic rings. The highest BCUT2D eigenvalue weighted by Crippen LogP contribution is 2.01. The van der Waals surface area contributed by atoms with Crippen LogP contribution in [0.5, 0.6) is 0 Å². The van der Waals surface area contributed by atoms with E-state index in [9.17, 15) is 14.7 Å². The first kappa shape index (κ1) is 15.7. The van der Waals surface area contributed by atoms with E-state index in [4.69, 9.17) is 5.11 Å². The molecule has 2 atom stereocenters. The third-order valence-corrected chi connectivity index (χ3v) is 2.42. The normalized spacial score (nSPS) is 14.2. The van der Waals surface area contributed by atoms with Gasteiger partial charge in [0, 0.05) is 13.6 Å². The number of rotatable bonds is 6. The lowest BCUT2D eigenvalue weighted by molar-refractivity contribution is -0.141. The van der Waals surface area contributed by atoms with Crippen LogP contribution < -0.4 is 5.32 Å². The van der Waals surface area contributed by atoms with Crippen molar-refractivity contribution in [3.05, 3.63) is 0 Å². The highest BCUT2D eigenvalue weighted by molar-refractivity contribution is 5.82.